The second kappa shape index (κ2) is 6.84. The number of fused-ring (bicyclic) bond motifs is 1. The SMILES string of the molecule is Cn1ncnc1C(=O)Nc1ccc2cc(-c3cc(F)ccc3C(F)F)[nH]c2c1. The molecule has 4 rings (SSSR count). The van der Waals surface area contributed by atoms with Gasteiger partial charge in [0.15, 0.2) is 0 Å². The predicted molar refractivity (Wildman–Crippen MR) is 97.6 cm³/mol. The van der Waals surface area contributed by atoms with Crippen LogP contribution >= 0.6 is 0 Å². The van der Waals surface area contributed by atoms with Gasteiger partial charge in [0.2, 0.25) is 5.82 Å². The zero-order valence-electron chi connectivity index (χ0n) is 14.6. The summed E-state index contributed by atoms with van der Waals surface area (Å²) in [5, 5.41) is 7.28. The number of nitrogens with one attached hydrogen (secondary N) is 2. The molecule has 0 aliphatic heterocycles. The molecule has 0 atom stereocenters. The summed E-state index contributed by atoms with van der Waals surface area (Å²) >= 11 is 0. The van der Waals surface area contributed by atoms with Crippen LogP contribution in [0.3, 0.4) is 0 Å². The standard InChI is InChI=1S/C19H14F3N5O/c1-27-18(23-9-24-27)19(28)25-12-4-2-10-6-16(26-15(10)8-12)14-7-11(20)3-5-13(14)17(21)22/h2-9,17,26H,1H3,(H,25,28). The minimum Gasteiger partial charge on any atom is -0.354 e. The molecule has 1 amide bonds. The van der Waals surface area contributed by atoms with Crippen molar-refractivity contribution in [2.45, 2.75) is 6.43 Å². The van der Waals surface area contributed by atoms with Crippen LogP contribution in [-0.2, 0) is 7.05 Å². The molecule has 0 saturated carbocycles. The molecule has 2 aromatic carbocycles. The maximum atomic E-state index is 13.6. The summed E-state index contributed by atoms with van der Waals surface area (Å²) in [6.45, 7) is 0. The van der Waals surface area contributed by atoms with Crippen molar-refractivity contribution in [3.8, 4) is 11.3 Å². The molecule has 0 unspecified atom stereocenters. The van der Waals surface area contributed by atoms with Gasteiger partial charge in [0, 0.05) is 40.5 Å². The summed E-state index contributed by atoms with van der Waals surface area (Å²) in [7, 11) is 1.60. The molecule has 28 heavy (non-hydrogen) atoms. The molecule has 0 aliphatic rings. The van der Waals surface area contributed by atoms with Crippen molar-refractivity contribution >= 4 is 22.5 Å². The molecule has 0 bridgehead atoms. The molecule has 0 aliphatic carbocycles. The Morgan fingerprint density at radius 1 is 1.18 bits per heavy atom. The van der Waals surface area contributed by atoms with E-state index >= 15 is 0 Å². The lowest BCUT2D eigenvalue weighted by atomic mass is 10.0. The molecule has 2 heterocycles. The lowest BCUT2D eigenvalue weighted by molar-refractivity contribution is 0.101. The fourth-order valence-corrected chi connectivity index (χ4v) is 2.99. The predicted octanol–water partition coefficient (Wildman–Crippen LogP) is 4.29. The number of benzene rings is 2. The molecule has 0 saturated heterocycles. The van der Waals surface area contributed by atoms with Gasteiger partial charge in [-0.2, -0.15) is 5.10 Å². The number of nitrogens with zero attached hydrogens (tertiary/aromatic N) is 3. The lowest BCUT2D eigenvalue weighted by Gasteiger charge is -2.07. The number of rotatable bonds is 4. The van der Waals surface area contributed by atoms with Gasteiger partial charge in [-0.05, 0) is 36.4 Å². The van der Waals surface area contributed by atoms with E-state index in [2.05, 4.69) is 20.4 Å². The first-order valence-corrected chi connectivity index (χ1v) is 8.28. The highest BCUT2D eigenvalue weighted by atomic mass is 19.3. The van der Waals surface area contributed by atoms with Crippen LogP contribution in [0.2, 0.25) is 0 Å². The third kappa shape index (κ3) is 3.22. The molecule has 142 valence electrons. The Labute approximate surface area is 157 Å². The highest BCUT2D eigenvalue weighted by Crippen LogP contribution is 2.33. The summed E-state index contributed by atoms with van der Waals surface area (Å²) in [6.07, 6.45) is -1.46. The smallest absolute Gasteiger partial charge is 0.293 e. The van der Waals surface area contributed by atoms with Crippen LogP contribution in [0.4, 0.5) is 18.9 Å². The van der Waals surface area contributed by atoms with Gasteiger partial charge in [-0.15, -0.1) is 0 Å². The first kappa shape index (κ1) is 17.8. The van der Waals surface area contributed by atoms with Crippen LogP contribution in [-0.4, -0.2) is 25.7 Å². The zero-order chi connectivity index (χ0) is 19.8. The number of aromatic amines is 1. The number of hydrogen-bond acceptors (Lipinski definition) is 3. The second-order valence-corrected chi connectivity index (χ2v) is 6.18. The van der Waals surface area contributed by atoms with Crippen LogP contribution in [0.5, 0.6) is 0 Å². The zero-order valence-corrected chi connectivity index (χ0v) is 14.6. The maximum Gasteiger partial charge on any atom is 0.293 e. The Bertz CT molecular complexity index is 1180. The largest absolute Gasteiger partial charge is 0.354 e. The summed E-state index contributed by atoms with van der Waals surface area (Å²) in [6, 6.07) is 9.87. The van der Waals surface area contributed by atoms with Gasteiger partial charge >= 0.3 is 0 Å². The molecule has 6 nitrogen and oxygen atoms in total. The first-order valence-electron chi connectivity index (χ1n) is 8.28. The number of alkyl halides is 2. The van der Waals surface area contributed by atoms with Gasteiger partial charge in [-0.1, -0.05) is 6.07 Å². The summed E-state index contributed by atoms with van der Waals surface area (Å²) < 4.78 is 41.5. The molecular formula is C19H14F3N5O. The van der Waals surface area contributed by atoms with Crippen molar-refractivity contribution in [3.63, 3.8) is 0 Å². The number of carbonyl (C=O) groups is 1. The van der Waals surface area contributed by atoms with Crippen LogP contribution in [0.25, 0.3) is 22.2 Å². The Kier molecular flexibility index (Phi) is 4.34. The van der Waals surface area contributed by atoms with Gasteiger partial charge in [0.05, 0.1) is 0 Å². The van der Waals surface area contributed by atoms with Crippen molar-refractivity contribution in [3.05, 3.63) is 66.0 Å². The number of halogens is 3. The number of anilines is 1. The molecule has 0 spiro atoms. The Morgan fingerprint density at radius 3 is 2.71 bits per heavy atom. The fraction of sp³-hybridized carbons (Fsp3) is 0.105. The van der Waals surface area contributed by atoms with Gasteiger partial charge < -0.3 is 10.3 Å². The second-order valence-electron chi connectivity index (χ2n) is 6.18. The van der Waals surface area contributed by atoms with E-state index in [0.717, 1.165) is 23.6 Å². The van der Waals surface area contributed by atoms with E-state index in [9.17, 15) is 18.0 Å². The Balaban J connectivity index is 1.69. The van der Waals surface area contributed by atoms with Crippen molar-refractivity contribution in [2.75, 3.05) is 5.32 Å². The van der Waals surface area contributed by atoms with Crippen LogP contribution in [0, 0.1) is 5.82 Å². The number of amides is 1. The van der Waals surface area contributed by atoms with Gasteiger partial charge in [-0.3, -0.25) is 4.79 Å². The summed E-state index contributed by atoms with van der Waals surface area (Å²) in [5.41, 5.74) is 1.29. The normalized spacial score (nSPS) is 11.3. The van der Waals surface area contributed by atoms with E-state index in [4.69, 9.17) is 0 Å². The third-order valence-corrected chi connectivity index (χ3v) is 4.34. The summed E-state index contributed by atoms with van der Waals surface area (Å²) in [5.74, 6) is -0.889. The maximum absolute atomic E-state index is 13.6. The Hall–Kier alpha value is -3.62. The van der Waals surface area contributed by atoms with Crippen molar-refractivity contribution < 1.29 is 18.0 Å². The van der Waals surface area contributed by atoms with E-state index in [1.807, 2.05) is 0 Å². The monoisotopic (exact) mass is 385 g/mol. The van der Waals surface area contributed by atoms with Gasteiger partial charge in [0.1, 0.15) is 12.1 Å². The highest BCUT2D eigenvalue weighted by Gasteiger charge is 2.17. The molecule has 2 N–H and O–H groups in total. The average molecular weight is 385 g/mol. The minimum absolute atomic E-state index is 0.0934. The lowest BCUT2D eigenvalue weighted by Crippen LogP contribution is -2.17. The van der Waals surface area contributed by atoms with Crippen LogP contribution in [0.1, 0.15) is 22.6 Å². The van der Waals surface area contributed by atoms with Crippen molar-refractivity contribution in [1.82, 2.24) is 19.7 Å². The van der Waals surface area contributed by atoms with Crippen molar-refractivity contribution in [2.24, 2.45) is 7.05 Å². The molecule has 2 aromatic heterocycles. The number of carbonyl (C=O) groups excluding carboxylic acids is 1. The summed E-state index contributed by atoms with van der Waals surface area (Å²) in [4.78, 5) is 19.1. The minimum atomic E-state index is -2.73. The molecule has 0 fully saturated rings. The number of aromatic nitrogens is 4. The van der Waals surface area contributed by atoms with Crippen LogP contribution < -0.4 is 5.32 Å². The fourth-order valence-electron chi connectivity index (χ4n) is 2.99. The average Bonchev–Trinajstić information content (AvgIpc) is 3.27. The van der Waals surface area contributed by atoms with E-state index in [-0.39, 0.29) is 17.0 Å². The highest BCUT2D eigenvalue weighted by molar-refractivity contribution is 6.03. The number of hydrogen-bond donors (Lipinski definition) is 2. The van der Waals surface area contributed by atoms with E-state index in [0.29, 0.717) is 16.9 Å². The van der Waals surface area contributed by atoms with Crippen LogP contribution in [0.15, 0.2) is 48.8 Å². The molecular weight excluding hydrogens is 371 g/mol. The van der Waals surface area contributed by atoms with Crippen molar-refractivity contribution in [1.29, 1.82) is 0 Å². The third-order valence-electron chi connectivity index (χ3n) is 4.34. The van der Waals surface area contributed by atoms with Gasteiger partial charge in [-0.25, -0.2) is 22.8 Å². The quantitative estimate of drug-likeness (QED) is 0.550. The van der Waals surface area contributed by atoms with E-state index in [1.54, 1.807) is 31.3 Å². The topological polar surface area (TPSA) is 75.6 Å². The number of H-pyrrole nitrogens is 1. The molecule has 9 heteroatoms. The first-order chi connectivity index (χ1) is 13.4. The van der Waals surface area contributed by atoms with E-state index < -0.39 is 18.1 Å². The molecule has 4 aromatic rings. The van der Waals surface area contributed by atoms with Gasteiger partial charge in [0.25, 0.3) is 12.3 Å². The number of aryl methyl sites for hydroxylation is 1. The van der Waals surface area contributed by atoms with E-state index in [1.165, 1.54) is 11.0 Å². The Morgan fingerprint density at radius 2 is 2.00 bits per heavy atom. The molecule has 0 radical (unpaired) electrons.